The van der Waals surface area contributed by atoms with Crippen LogP contribution in [0.5, 0.6) is 0 Å². The number of amidine groups is 1. The van der Waals surface area contributed by atoms with Gasteiger partial charge in [-0.2, -0.15) is 13.2 Å². The van der Waals surface area contributed by atoms with Crippen LogP contribution in [0.3, 0.4) is 0 Å². The van der Waals surface area contributed by atoms with Crippen molar-refractivity contribution in [2.75, 3.05) is 0 Å². The minimum Gasteiger partial charge on any atom is -0.301 e. The van der Waals surface area contributed by atoms with E-state index in [1.165, 1.54) is 42.6 Å². The van der Waals surface area contributed by atoms with Crippen LogP contribution in [-0.2, 0) is 5.66 Å². The molecule has 0 unspecified atom stereocenters. The summed E-state index contributed by atoms with van der Waals surface area (Å²) >= 11 is 5.76. The topological polar surface area (TPSA) is 44.7 Å². The van der Waals surface area contributed by atoms with E-state index >= 15 is 0 Å². The average molecular weight is 328 g/mol. The summed E-state index contributed by atoms with van der Waals surface area (Å²) in [5.74, 6) is -0.130. The Morgan fingerprint density at radius 1 is 1.18 bits per heavy atom. The summed E-state index contributed by atoms with van der Waals surface area (Å²) in [4.78, 5) is 16.8. The van der Waals surface area contributed by atoms with E-state index in [0.717, 1.165) is 4.90 Å². The molecule has 0 aromatic heterocycles. The summed E-state index contributed by atoms with van der Waals surface area (Å²) < 4.78 is 41.1. The monoisotopic (exact) mass is 327 g/mol. The van der Waals surface area contributed by atoms with Crippen molar-refractivity contribution in [1.82, 2.24) is 10.2 Å². The van der Waals surface area contributed by atoms with E-state index in [-0.39, 0.29) is 16.4 Å². The lowest BCUT2D eigenvalue weighted by molar-refractivity contribution is -0.196. The van der Waals surface area contributed by atoms with Crippen molar-refractivity contribution in [3.05, 3.63) is 59.3 Å². The van der Waals surface area contributed by atoms with Crippen molar-refractivity contribution < 1.29 is 18.0 Å². The normalized spacial score (nSPS) is 24.4. The Balaban J connectivity index is 2.20. The predicted octanol–water partition coefficient (Wildman–Crippen LogP) is 3.48. The summed E-state index contributed by atoms with van der Waals surface area (Å²) in [6.45, 7) is 0. The fourth-order valence-corrected chi connectivity index (χ4v) is 2.41. The summed E-state index contributed by atoms with van der Waals surface area (Å²) in [6, 6.07) is 6.07. The Hall–Kier alpha value is -2.28. The molecule has 2 amide bonds. The molecule has 0 saturated carbocycles. The van der Waals surface area contributed by atoms with Gasteiger partial charge in [0.25, 0.3) is 5.66 Å². The second-order valence-corrected chi connectivity index (χ2v) is 5.13. The number of carbonyl (C=O) groups is 1. The van der Waals surface area contributed by atoms with Crippen molar-refractivity contribution in [2.24, 2.45) is 4.99 Å². The largest absolute Gasteiger partial charge is 0.436 e. The Bertz CT molecular complexity index is 712. The first-order valence-corrected chi connectivity index (χ1v) is 6.60. The summed E-state index contributed by atoms with van der Waals surface area (Å²) in [6.07, 6.45) is -0.949. The highest BCUT2D eigenvalue weighted by Gasteiger charge is 2.60. The predicted molar refractivity (Wildman–Crippen MR) is 75.1 cm³/mol. The van der Waals surface area contributed by atoms with Gasteiger partial charge in [0.15, 0.2) is 0 Å². The standard InChI is InChI=1S/C14H9ClF3N3O/c15-10-6-7-11-19-13(14(16,17)18,9-4-2-1-3-5-9)20-12(22)21(11)8-10/h1-8H,(H,20,22)/t13-/m1/s1. The van der Waals surface area contributed by atoms with Gasteiger partial charge in [-0.1, -0.05) is 41.9 Å². The molecule has 2 aliphatic heterocycles. The SMILES string of the molecule is O=C1N[C@](c2ccccc2)(C(F)(F)F)N=C2C=CC(Cl)=CN12. The molecule has 2 aliphatic rings. The minimum atomic E-state index is -4.80. The van der Waals surface area contributed by atoms with Gasteiger partial charge in [0.05, 0.1) is 5.03 Å². The number of alkyl halides is 3. The first-order chi connectivity index (χ1) is 10.3. The fourth-order valence-electron chi connectivity index (χ4n) is 2.25. The van der Waals surface area contributed by atoms with Crippen LogP contribution in [-0.4, -0.2) is 22.9 Å². The smallest absolute Gasteiger partial charge is 0.301 e. The molecule has 0 bridgehead atoms. The number of urea groups is 1. The Kier molecular flexibility index (Phi) is 3.25. The Morgan fingerprint density at radius 2 is 1.86 bits per heavy atom. The van der Waals surface area contributed by atoms with Gasteiger partial charge in [-0.05, 0) is 12.2 Å². The highest BCUT2D eigenvalue weighted by Crippen LogP contribution is 2.42. The van der Waals surface area contributed by atoms with Crippen LogP contribution in [0.15, 0.2) is 58.7 Å². The number of nitrogens with one attached hydrogen (secondary N) is 1. The van der Waals surface area contributed by atoms with Gasteiger partial charge < -0.3 is 5.32 Å². The molecule has 0 saturated heterocycles. The van der Waals surface area contributed by atoms with Crippen LogP contribution >= 0.6 is 11.6 Å². The van der Waals surface area contributed by atoms with E-state index in [0.29, 0.717) is 0 Å². The van der Waals surface area contributed by atoms with Gasteiger partial charge in [0.1, 0.15) is 5.84 Å². The molecule has 2 heterocycles. The highest BCUT2D eigenvalue weighted by atomic mass is 35.5. The van der Waals surface area contributed by atoms with E-state index in [2.05, 4.69) is 4.99 Å². The first kappa shape index (κ1) is 14.6. The molecule has 0 fully saturated rings. The molecule has 0 aliphatic carbocycles. The maximum atomic E-state index is 13.7. The fraction of sp³-hybridized carbons (Fsp3) is 0.143. The zero-order valence-corrected chi connectivity index (χ0v) is 11.7. The molecule has 22 heavy (non-hydrogen) atoms. The number of allylic oxidation sites excluding steroid dienone is 2. The van der Waals surface area contributed by atoms with E-state index in [1.807, 2.05) is 5.32 Å². The Labute approximate surface area is 128 Å². The van der Waals surface area contributed by atoms with Crippen molar-refractivity contribution in [3.8, 4) is 0 Å². The summed E-state index contributed by atoms with van der Waals surface area (Å²) in [5.41, 5.74) is -2.99. The van der Waals surface area contributed by atoms with Crippen LogP contribution in [0.2, 0.25) is 0 Å². The molecule has 1 N–H and O–H groups in total. The third kappa shape index (κ3) is 2.18. The minimum absolute atomic E-state index is 0.130. The van der Waals surface area contributed by atoms with Gasteiger partial charge in [-0.25, -0.2) is 9.79 Å². The number of rotatable bonds is 1. The molecule has 0 spiro atoms. The number of carbonyl (C=O) groups excluding carboxylic acids is 1. The molecule has 0 radical (unpaired) electrons. The number of halogens is 4. The molecule has 4 nitrogen and oxygen atoms in total. The molecular weight excluding hydrogens is 319 g/mol. The van der Waals surface area contributed by atoms with Crippen LogP contribution in [0.1, 0.15) is 5.56 Å². The molecule has 3 rings (SSSR count). The zero-order valence-electron chi connectivity index (χ0n) is 10.9. The third-order valence-electron chi connectivity index (χ3n) is 3.28. The van der Waals surface area contributed by atoms with E-state index in [9.17, 15) is 18.0 Å². The quantitative estimate of drug-likeness (QED) is 0.843. The van der Waals surface area contributed by atoms with Gasteiger partial charge >= 0.3 is 12.2 Å². The van der Waals surface area contributed by atoms with Gasteiger partial charge in [0.2, 0.25) is 0 Å². The lowest BCUT2D eigenvalue weighted by atomic mass is 9.98. The third-order valence-corrected chi connectivity index (χ3v) is 3.51. The van der Waals surface area contributed by atoms with Crippen LogP contribution in [0.25, 0.3) is 0 Å². The van der Waals surface area contributed by atoms with Crippen molar-refractivity contribution in [1.29, 1.82) is 0 Å². The number of hydrogen-bond acceptors (Lipinski definition) is 2. The van der Waals surface area contributed by atoms with Crippen LogP contribution < -0.4 is 5.32 Å². The second-order valence-electron chi connectivity index (χ2n) is 4.69. The number of benzene rings is 1. The van der Waals surface area contributed by atoms with Crippen LogP contribution in [0.4, 0.5) is 18.0 Å². The highest BCUT2D eigenvalue weighted by molar-refractivity contribution is 6.32. The molecule has 1 atom stereocenters. The summed E-state index contributed by atoms with van der Waals surface area (Å²) in [7, 11) is 0. The molecule has 8 heteroatoms. The molecule has 114 valence electrons. The number of hydrogen-bond donors (Lipinski definition) is 1. The second kappa shape index (κ2) is 4.88. The van der Waals surface area contributed by atoms with Crippen molar-refractivity contribution in [2.45, 2.75) is 11.8 Å². The van der Waals surface area contributed by atoms with Crippen molar-refractivity contribution >= 4 is 23.5 Å². The zero-order chi connectivity index (χ0) is 16.0. The Morgan fingerprint density at radius 3 is 2.50 bits per heavy atom. The number of amides is 2. The average Bonchev–Trinajstić information content (AvgIpc) is 2.47. The number of fused-ring (bicyclic) bond motifs is 1. The lowest BCUT2D eigenvalue weighted by Crippen LogP contribution is -2.62. The summed E-state index contributed by atoms with van der Waals surface area (Å²) in [5, 5.41) is 2.16. The maximum Gasteiger partial charge on any atom is 0.436 e. The van der Waals surface area contributed by atoms with Gasteiger partial charge in [0, 0.05) is 11.8 Å². The lowest BCUT2D eigenvalue weighted by Gasteiger charge is -2.40. The molecular formula is C14H9ClF3N3O. The molecule has 1 aromatic carbocycles. The molecule has 1 aromatic rings. The van der Waals surface area contributed by atoms with E-state index in [1.54, 1.807) is 6.07 Å². The van der Waals surface area contributed by atoms with E-state index < -0.39 is 17.9 Å². The van der Waals surface area contributed by atoms with E-state index in [4.69, 9.17) is 11.6 Å². The van der Waals surface area contributed by atoms with Crippen molar-refractivity contribution in [3.63, 3.8) is 0 Å². The first-order valence-electron chi connectivity index (χ1n) is 6.22. The number of nitrogens with zero attached hydrogens (tertiary/aromatic N) is 2. The van der Waals surface area contributed by atoms with Gasteiger partial charge in [-0.15, -0.1) is 0 Å². The maximum absolute atomic E-state index is 13.7. The van der Waals surface area contributed by atoms with Crippen LogP contribution in [0, 0.1) is 0 Å². The van der Waals surface area contributed by atoms with Gasteiger partial charge in [-0.3, -0.25) is 4.90 Å². The number of aliphatic imine (C=N–C) groups is 1.